The Bertz CT molecular complexity index is 978. The fourth-order valence-electron chi connectivity index (χ4n) is 4.41. The molecule has 0 aliphatic rings. The first-order valence-corrected chi connectivity index (χ1v) is 19.4. The van der Waals surface area contributed by atoms with Crippen LogP contribution in [0, 0.1) is 0 Å². The number of halogens is 2. The summed E-state index contributed by atoms with van der Waals surface area (Å²) in [6.45, 7) is 19.0. The average Bonchev–Trinajstić information content (AvgIpc) is 2.86. The van der Waals surface area contributed by atoms with Crippen molar-refractivity contribution >= 4 is 28.4 Å². The molecule has 1 aromatic heterocycles. The Morgan fingerprint density at radius 1 is 0.568 bits per heavy atom. The third kappa shape index (κ3) is 9.41. The second-order valence-electron chi connectivity index (χ2n) is 10.5. The van der Waals surface area contributed by atoms with E-state index in [1.807, 2.05) is 0 Å². The van der Waals surface area contributed by atoms with Crippen molar-refractivity contribution in [3.63, 3.8) is 0 Å². The molecule has 3 rings (SSSR count). The van der Waals surface area contributed by atoms with Crippen LogP contribution in [0.15, 0.2) is 54.6 Å². The molecule has 0 atom stereocenters. The van der Waals surface area contributed by atoms with Crippen molar-refractivity contribution in [1.82, 2.24) is 4.98 Å². The molecule has 3 aromatic rings. The van der Waals surface area contributed by atoms with E-state index in [0.717, 1.165) is 22.8 Å². The van der Waals surface area contributed by atoms with Crippen LogP contribution in [0.3, 0.4) is 0 Å². The molecule has 6 heteroatoms. The Morgan fingerprint density at radius 3 is 1.11 bits per heavy atom. The number of para-hydroxylation sites is 2. The van der Waals surface area contributed by atoms with Gasteiger partial charge < -0.3 is 10.6 Å². The van der Waals surface area contributed by atoms with Gasteiger partial charge in [-0.3, -0.25) is 4.98 Å². The maximum absolute atomic E-state index is 5.06. The second-order valence-corrected chi connectivity index (χ2v) is 14.2. The third-order valence-electron chi connectivity index (χ3n) is 6.35. The predicted molar refractivity (Wildman–Crippen MR) is 159 cm³/mol. The van der Waals surface area contributed by atoms with E-state index in [4.69, 9.17) is 32.6 Å². The fourth-order valence-corrected chi connectivity index (χ4v) is 4.41. The van der Waals surface area contributed by atoms with E-state index >= 15 is 0 Å². The number of rotatable bonds is 10. The molecular formula is C31H41Cl2N3Zr. The van der Waals surface area contributed by atoms with Gasteiger partial charge in [0.2, 0.25) is 0 Å². The number of benzene rings is 2. The van der Waals surface area contributed by atoms with Gasteiger partial charge in [0.15, 0.2) is 0 Å². The van der Waals surface area contributed by atoms with Gasteiger partial charge in [0.25, 0.3) is 0 Å². The Kier molecular flexibility index (Phi) is 13.7. The van der Waals surface area contributed by atoms with Gasteiger partial charge in [-0.2, -0.15) is 0 Å². The fraction of sp³-hybridized carbons (Fsp3) is 0.452. The Labute approximate surface area is 243 Å². The summed E-state index contributed by atoms with van der Waals surface area (Å²) < 4.78 is 0. The van der Waals surface area contributed by atoms with Gasteiger partial charge in [0, 0.05) is 11.4 Å². The van der Waals surface area contributed by atoms with Gasteiger partial charge in [0.05, 0.1) is 0 Å². The van der Waals surface area contributed by atoms with E-state index in [-0.39, 0.29) is 0 Å². The summed E-state index contributed by atoms with van der Waals surface area (Å²) in [5.41, 5.74) is 9.48. The number of pyridine rings is 1. The van der Waals surface area contributed by atoms with Gasteiger partial charge in [0.1, 0.15) is 0 Å². The molecule has 0 radical (unpaired) electrons. The summed E-state index contributed by atoms with van der Waals surface area (Å²) in [7, 11) is 9.87. The number of aromatic nitrogens is 1. The summed E-state index contributed by atoms with van der Waals surface area (Å²) >= 11 is -0.826. The summed E-state index contributed by atoms with van der Waals surface area (Å²) in [6, 6.07) is 19.4. The molecule has 198 valence electrons. The first-order chi connectivity index (χ1) is 17.6. The second kappa shape index (κ2) is 15.9. The van der Waals surface area contributed by atoms with E-state index < -0.39 is 20.8 Å². The van der Waals surface area contributed by atoms with E-state index in [9.17, 15) is 0 Å². The molecule has 1 heterocycles. The third-order valence-corrected chi connectivity index (χ3v) is 6.35. The van der Waals surface area contributed by atoms with Crippen molar-refractivity contribution in [2.24, 2.45) is 0 Å². The summed E-state index contributed by atoms with van der Waals surface area (Å²) in [5, 5.41) is 10.1. The molecule has 0 saturated heterocycles. The number of hydrogen-bond donors (Lipinski definition) is 0. The molecule has 0 bridgehead atoms. The molecule has 0 amide bonds. The normalized spacial score (nSPS) is 11.0. The maximum atomic E-state index is 5.06. The van der Waals surface area contributed by atoms with Crippen molar-refractivity contribution in [2.75, 3.05) is 0 Å². The zero-order chi connectivity index (χ0) is 27.5. The van der Waals surface area contributed by atoms with Gasteiger partial charge in [-0.1, -0.05) is 133 Å². The molecule has 2 aromatic carbocycles. The minimum absolute atomic E-state index is 0.437. The molecule has 0 aliphatic carbocycles. The molecule has 0 unspecified atom stereocenters. The molecule has 0 aliphatic heterocycles. The van der Waals surface area contributed by atoms with Crippen LogP contribution in [-0.2, 0) is 33.9 Å². The van der Waals surface area contributed by atoms with Crippen LogP contribution in [0.1, 0.15) is 113 Å². The minimum atomic E-state index is -0.826. The van der Waals surface area contributed by atoms with Crippen molar-refractivity contribution in [2.45, 2.75) is 92.2 Å². The quantitative estimate of drug-likeness (QED) is 0.223. The standard InChI is InChI=1S/C31H41N3.2ClH.Zr/c1-20(2)26-14-10-15-27(21(3)4)30(26)32-18-24-12-9-13-25(34-24)19-33-31-28(22(5)6)16-11-17-29(31)23(7)8;;;/h9-17,20-23H,18-19H2,1-8H3;2*1H;/q-2;;;+4/p-2. The van der Waals surface area contributed by atoms with Crippen LogP contribution in [0.5, 0.6) is 0 Å². The molecule has 0 fully saturated rings. The van der Waals surface area contributed by atoms with E-state index in [1.165, 1.54) is 22.3 Å². The van der Waals surface area contributed by atoms with Crippen LogP contribution >= 0.6 is 17.0 Å². The van der Waals surface area contributed by atoms with Crippen LogP contribution < -0.4 is 0 Å². The van der Waals surface area contributed by atoms with Gasteiger partial charge in [-0.15, -0.1) is 11.4 Å². The zero-order valence-corrected chi connectivity index (χ0v) is 27.5. The molecule has 0 spiro atoms. The van der Waals surface area contributed by atoms with Crippen molar-refractivity contribution in [3.05, 3.63) is 98.9 Å². The van der Waals surface area contributed by atoms with Gasteiger partial charge in [-0.25, -0.2) is 0 Å². The van der Waals surface area contributed by atoms with E-state index in [1.54, 1.807) is 0 Å². The molecule has 37 heavy (non-hydrogen) atoms. The van der Waals surface area contributed by atoms with Crippen LogP contribution in [0.2, 0.25) is 0 Å². The van der Waals surface area contributed by atoms with Crippen LogP contribution in [0.25, 0.3) is 10.6 Å². The van der Waals surface area contributed by atoms with Crippen molar-refractivity contribution in [3.8, 4) is 0 Å². The number of hydrogen-bond acceptors (Lipinski definition) is 1. The summed E-state index contributed by atoms with van der Waals surface area (Å²) in [6.07, 6.45) is 0. The number of nitrogens with zero attached hydrogens (tertiary/aromatic N) is 3. The Hall–Kier alpha value is -1.35. The van der Waals surface area contributed by atoms with Gasteiger partial charge in [-0.05, 0) is 35.8 Å². The van der Waals surface area contributed by atoms with Crippen LogP contribution in [-0.4, -0.2) is 4.98 Å². The summed E-state index contributed by atoms with van der Waals surface area (Å²) in [5.74, 6) is 1.75. The predicted octanol–water partition coefficient (Wildman–Crippen LogP) is 11.4. The monoisotopic (exact) mass is 615 g/mol. The molecule has 3 nitrogen and oxygen atoms in total. The summed E-state index contributed by atoms with van der Waals surface area (Å²) in [4.78, 5) is 4.91. The van der Waals surface area contributed by atoms with E-state index in [0.29, 0.717) is 36.8 Å². The first-order valence-electron chi connectivity index (χ1n) is 13.1. The first kappa shape index (κ1) is 31.9. The van der Waals surface area contributed by atoms with Crippen molar-refractivity contribution in [1.29, 1.82) is 0 Å². The molecular weight excluding hydrogens is 576 g/mol. The van der Waals surface area contributed by atoms with Gasteiger partial charge >= 0.3 is 37.9 Å². The van der Waals surface area contributed by atoms with Crippen molar-refractivity contribution < 1.29 is 20.8 Å². The molecule has 0 N–H and O–H groups in total. The Morgan fingerprint density at radius 2 is 0.838 bits per heavy atom. The molecule has 0 saturated carbocycles. The topological polar surface area (TPSA) is 41.1 Å². The average molecular weight is 618 g/mol. The SMILES string of the molecule is CC(C)c1cccc(C(C)C)c1[N-]Cc1cccc(C[N-]c2c(C(C)C)cccc2C(C)C)n1.[Cl][Zr+2][Cl]. The van der Waals surface area contributed by atoms with E-state index in [2.05, 4.69) is 110 Å². The van der Waals surface area contributed by atoms with Crippen LogP contribution in [0.4, 0.5) is 11.4 Å². The Balaban J connectivity index is 0.00000153. The zero-order valence-electron chi connectivity index (χ0n) is 23.5.